The predicted molar refractivity (Wildman–Crippen MR) is 141 cm³/mol. The van der Waals surface area contributed by atoms with Crippen LogP contribution in [0.1, 0.15) is 63.7 Å². The van der Waals surface area contributed by atoms with Gasteiger partial charge in [-0.3, -0.25) is 4.79 Å². The molecule has 2 N–H and O–H groups in total. The van der Waals surface area contributed by atoms with Crippen LogP contribution in [0.2, 0.25) is 0 Å². The molecule has 1 aromatic carbocycles. The van der Waals surface area contributed by atoms with Crippen LogP contribution in [0.25, 0.3) is 5.69 Å². The maximum absolute atomic E-state index is 14.3. The van der Waals surface area contributed by atoms with Crippen molar-refractivity contribution in [2.24, 2.45) is 17.6 Å². The van der Waals surface area contributed by atoms with Crippen LogP contribution in [0.5, 0.6) is 0 Å². The molecule has 212 valence electrons. The van der Waals surface area contributed by atoms with E-state index in [0.29, 0.717) is 29.0 Å². The first-order chi connectivity index (χ1) is 18.3. The highest BCUT2D eigenvalue weighted by molar-refractivity contribution is 6.03. The Bertz CT molecular complexity index is 1310. The number of carbonyl (C=O) groups excluding carboxylic acids is 4. The van der Waals surface area contributed by atoms with E-state index < -0.39 is 64.0 Å². The average molecular weight is 545 g/mol. The average Bonchev–Trinajstić information content (AvgIpc) is 3.48. The van der Waals surface area contributed by atoms with E-state index >= 15 is 0 Å². The molecule has 0 aliphatic carbocycles. The van der Waals surface area contributed by atoms with Crippen molar-refractivity contribution in [1.29, 1.82) is 0 Å². The molecule has 2 aromatic rings. The minimum absolute atomic E-state index is 0.128. The number of imide groups is 2. The maximum atomic E-state index is 14.3. The zero-order valence-electron chi connectivity index (χ0n) is 23.5. The molecule has 3 rings (SSSR count). The highest BCUT2D eigenvalue weighted by Crippen LogP contribution is 2.33. The number of quaternary nitrogens is 1. The Labute approximate surface area is 227 Å². The van der Waals surface area contributed by atoms with E-state index in [1.807, 2.05) is 0 Å². The van der Waals surface area contributed by atoms with Crippen LogP contribution in [0.4, 0.5) is 9.59 Å². The lowest BCUT2D eigenvalue weighted by Crippen LogP contribution is -2.70. The third kappa shape index (κ3) is 5.30. The molecular weight excluding hydrogens is 506 g/mol. The van der Waals surface area contributed by atoms with E-state index in [0.717, 1.165) is 11.8 Å². The summed E-state index contributed by atoms with van der Waals surface area (Å²) in [6.45, 7) is 10.4. The van der Waals surface area contributed by atoms with Crippen molar-refractivity contribution in [2.45, 2.75) is 72.5 Å². The summed E-state index contributed by atoms with van der Waals surface area (Å²) in [5.74, 6) is -3.79. The normalized spacial score (nSPS) is 20.6. The van der Waals surface area contributed by atoms with Gasteiger partial charge in [-0.15, -0.1) is 5.10 Å². The van der Waals surface area contributed by atoms with Gasteiger partial charge < -0.3 is 14.9 Å². The first kappa shape index (κ1) is 29.9. The number of nitrogens with two attached hydrogens (primary N) is 1. The number of ketones is 1. The second kappa shape index (κ2) is 11.6. The number of likely N-dealkylation sites (tertiary alicyclic amines) is 1. The van der Waals surface area contributed by atoms with Crippen molar-refractivity contribution < 1.29 is 32.8 Å². The first-order valence-electron chi connectivity index (χ1n) is 13.1. The third-order valence-corrected chi connectivity index (χ3v) is 7.48. The number of nitrogens with zero attached hydrogens (tertiary/aromatic N) is 4. The summed E-state index contributed by atoms with van der Waals surface area (Å²) in [5, 5.41) is 4.09. The largest absolute Gasteiger partial charge is 0.452 e. The highest BCUT2D eigenvalue weighted by atomic mass is 16.5. The number of aromatic nitrogens is 2. The van der Waals surface area contributed by atoms with Gasteiger partial charge in [0, 0.05) is 12.8 Å². The molecule has 0 bridgehead atoms. The van der Waals surface area contributed by atoms with Gasteiger partial charge in [-0.25, -0.2) is 19.2 Å². The van der Waals surface area contributed by atoms with E-state index in [9.17, 15) is 24.0 Å². The Kier molecular flexibility index (Phi) is 8.91. The molecule has 0 saturated carbocycles. The lowest BCUT2D eigenvalue weighted by atomic mass is 9.97. The van der Waals surface area contributed by atoms with Crippen molar-refractivity contribution >= 4 is 23.8 Å². The summed E-state index contributed by atoms with van der Waals surface area (Å²) in [7, 11) is 1.08. The zero-order chi connectivity index (χ0) is 29.2. The lowest BCUT2D eigenvalue weighted by molar-refractivity contribution is -0.788. The van der Waals surface area contributed by atoms with Gasteiger partial charge >= 0.3 is 23.8 Å². The molecule has 12 heteroatoms. The molecule has 0 radical (unpaired) electrons. The van der Waals surface area contributed by atoms with E-state index in [4.69, 9.17) is 14.9 Å². The number of amides is 4. The number of aryl methyl sites for hydroxylation is 1. The molecule has 2 heterocycles. The molecular formula is C27H38N5O7+. The number of benzene rings is 1. The monoisotopic (exact) mass is 544 g/mol. The molecule has 4 amide bonds. The molecule has 1 aliphatic heterocycles. The molecule has 12 nitrogen and oxygen atoms in total. The van der Waals surface area contributed by atoms with Crippen LogP contribution in [0.15, 0.2) is 33.5 Å². The number of urea groups is 1. The van der Waals surface area contributed by atoms with Crippen LogP contribution >= 0.6 is 0 Å². The third-order valence-electron chi connectivity index (χ3n) is 7.48. The number of ether oxygens (including phenoxy) is 1. The molecule has 1 aliphatic rings. The summed E-state index contributed by atoms with van der Waals surface area (Å²) < 4.78 is 10.4. The van der Waals surface area contributed by atoms with Crippen LogP contribution in [0, 0.1) is 18.8 Å². The summed E-state index contributed by atoms with van der Waals surface area (Å²) in [5.41, 5.74) is 7.35. The fraction of sp³-hybridized carbons (Fsp3) is 0.556. The van der Waals surface area contributed by atoms with Gasteiger partial charge in [-0.2, -0.15) is 14.1 Å². The number of hydrogen-bond donors (Lipinski definition) is 1. The number of rotatable bonds is 7. The minimum Gasteiger partial charge on any atom is -0.452 e. The fourth-order valence-corrected chi connectivity index (χ4v) is 5.11. The second-order valence-electron chi connectivity index (χ2n) is 10.7. The Morgan fingerprint density at radius 3 is 2.31 bits per heavy atom. The molecule has 0 spiro atoms. The standard InChI is InChI=1S/C27H38N5O7/c1-15(2)20(28)24(34)32(14-10-12-18(32)6)25(35)30(26(36)38-7)21(16(3)4)22(33)23-29-31(27(37)39-23)19-13-9-8-11-17(19)5/h8-9,11,13,15-16,18,20-21H,10,12,14,28H2,1-7H3/q+1/t18-,20+,21+,32?/m1/s1. The summed E-state index contributed by atoms with van der Waals surface area (Å²) >= 11 is 0. The lowest BCUT2D eigenvalue weighted by Gasteiger charge is -2.40. The van der Waals surface area contributed by atoms with Crippen LogP contribution in [-0.2, 0) is 9.53 Å². The SMILES string of the molecule is COC(=O)N(C(=O)[N+]1(C(=O)[C@@H](N)C(C)C)CCC[C@H]1C)[C@H](C(=O)c1nn(-c2ccccc2C)c(=O)o1)C(C)C. The van der Waals surface area contributed by atoms with Gasteiger partial charge in [-0.05, 0) is 37.3 Å². The first-order valence-corrected chi connectivity index (χ1v) is 13.1. The van der Waals surface area contributed by atoms with Crippen LogP contribution in [-0.4, -0.2) is 74.8 Å². The van der Waals surface area contributed by atoms with Gasteiger partial charge in [0.25, 0.3) is 5.89 Å². The van der Waals surface area contributed by atoms with Gasteiger partial charge in [0.2, 0.25) is 5.78 Å². The van der Waals surface area contributed by atoms with Crippen molar-refractivity contribution in [3.05, 3.63) is 46.3 Å². The van der Waals surface area contributed by atoms with E-state index in [2.05, 4.69) is 5.10 Å². The number of para-hydroxylation sites is 1. The van der Waals surface area contributed by atoms with Crippen molar-refractivity contribution in [2.75, 3.05) is 13.7 Å². The molecule has 1 aromatic heterocycles. The summed E-state index contributed by atoms with van der Waals surface area (Å²) in [6.07, 6.45) is -0.0165. The molecule has 39 heavy (non-hydrogen) atoms. The van der Waals surface area contributed by atoms with Crippen molar-refractivity contribution in [3.63, 3.8) is 0 Å². The summed E-state index contributed by atoms with van der Waals surface area (Å²) in [4.78, 5) is 68.4. The van der Waals surface area contributed by atoms with E-state index in [-0.39, 0.29) is 12.5 Å². The van der Waals surface area contributed by atoms with E-state index in [1.54, 1.807) is 65.8 Å². The van der Waals surface area contributed by atoms with E-state index in [1.165, 1.54) is 0 Å². The second-order valence-corrected chi connectivity index (χ2v) is 10.7. The minimum atomic E-state index is -1.47. The number of carbonyl (C=O) groups is 4. The van der Waals surface area contributed by atoms with Gasteiger partial charge in [0.15, 0.2) is 0 Å². The fourth-order valence-electron chi connectivity index (χ4n) is 5.11. The Morgan fingerprint density at radius 2 is 1.79 bits per heavy atom. The zero-order valence-corrected chi connectivity index (χ0v) is 23.5. The Balaban J connectivity index is 2.13. The van der Waals surface area contributed by atoms with Gasteiger partial charge in [-0.1, -0.05) is 45.9 Å². The topological polar surface area (TPSA) is 155 Å². The number of hydrogen-bond acceptors (Lipinski definition) is 9. The van der Waals surface area contributed by atoms with Crippen molar-refractivity contribution in [1.82, 2.24) is 14.7 Å². The smallest absolute Gasteiger partial charge is 0.442 e. The van der Waals surface area contributed by atoms with Gasteiger partial charge in [0.05, 0.1) is 19.3 Å². The maximum Gasteiger partial charge on any atom is 0.442 e. The van der Waals surface area contributed by atoms with Crippen LogP contribution < -0.4 is 11.5 Å². The predicted octanol–water partition coefficient (Wildman–Crippen LogP) is 3.04. The molecule has 1 fully saturated rings. The number of methoxy groups -OCH3 is 1. The molecule has 1 saturated heterocycles. The van der Waals surface area contributed by atoms with Gasteiger partial charge in [0.1, 0.15) is 18.1 Å². The van der Waals surface area contributed by atoms with Crippen LogP contribution in [0.3, 0.4) is 0 Å². The Hall–Kier alpha value is -3.64. The molecule has 4 atom stereocenters. The highest BCUT2D eigenvalue weighted by Gasteiger charge is 2.59. The molecule has 1 unspecified atom stereocenters. The quantitative estimate of drug-likeness (QED) is 0.409. The van der Waals surface area contributed by atoms with Crippen molar-refractivity contribution in [3.8, 4) is 5.69 Å². The Morgan fingerprint density at radius 1 is 1.15 bits per heavy atom. The number of Topliss-reactive ketones (excluding diaryl/α,β-unsaturated/α-hetero) is 1. The summed E-state index contributed by atoms with van der Waals surface area (Å²) in [6, 6.07) is 3.08.